The molecule has 1 saturated heterocycles. The fourth-order valence-corrected chi connectivity index (χ4v) is 6.19. The number of piperidine rings is 1. The highest BCUT2D eigenvalue weighted by Crippen LogP contribution is 2.25. The topological polar surface area (TPSA) is 95.6 Å². The van der Waals surface area contributed by atoms with Gasteiger partial charge in [0.05, 0.1) is 4.90 Å². The summed E-state index contributed by atoms with van der Waals surface area (Å²) in [6, 6.07) is 14.2. The molecular weight excluding hydrogens is 438 g/mol. The Bertz CT molecular complexity index is 1140. The summed E-state index contributed by atoms with van der Waals surface area (Å²) in [6.07, 6.45) is 3.36. The maximum absolute atomic E-state index is 13.1. The van der Waals surface area contributed by atoms with Crippen LogP contribution in [-0.2, 0) is 27.7 Å². The summed E-state index contributed by atoms with van der Waals surface area (Å²) < 4.78 is 27.7. The Balaban J connectivity index is 1.38. The Labute approximate surface area is 194 Å². The Hall–Kier alpha value is -2.97. The molecule has 0 spiro atoms. The predicted octanol–water partition coefficient (Wildman–Crippen LogP) is 2.29. The van der Waals surface area contributed by atoms with Crippen molar-refractivity contribution >= 4 is 21.8 Å². The van der Waals surface area contributed by atoms with E-state index >= 15 is 0 Å². The maximum atomic E-state index is 13.1. The van der Waals surface area contributed by atoms with Crippen molar-refractivity contribution in [2.45, 2.75) is 43.2 Å². The van der Waals surface area contributed by atoms with E-state index in [-0.39, 0.29) is 34.7 Å². The largest absolute Gasteiger partial charge is 0.349 e. The summed E-state index contributed by atoms with van der Waals surface area (Å²) in [5, 5.41) is 5.92. The molecule has 0 aromatic heterocycles. The second-order valence-electron chi connectivity index (χ2n) is 8.82. The van der Waals surface area contributed by atoms with Gasteiger partial charge in [-0.1, -0.05) is 37.8 Å². The average Bonchev–Trinajstić information content (AvgIpc) is 3.22. The number of hydrogen-bond donors (Lipinski definition) is 2. The first-order valence-electron chi connectivity index (χ1n) is 11.2. The molecule has 4 rings (SSSR count). The van der Waals surface area contributed by atoms with E-state index in [1.165, 1.54) is 33.6 Å². The third kappa shape index (κ3) is 5.02. The zero-order valence-electron chi connectivity index (χ0n) is 18.7. The number of hydrogen-bond acceptors (Lipinski definition) is 4. The maximum Gasteiger partial charge on any atom is 0.251 e. The number of sulfonamides is 1. The van der Waals surface area contributed by atoms with Gasteiger partial charge in [-0.05, 0) is 66.6 Å². The van der Waals surface area contributed by atoms with Crippen molar-refractivity contribution < 1.29 is 18.0 Å². The summed E-state index contributed by atoms with van der Waals surface area (Å²) >= 11 is 0. The van der Waals surface area contributed by atoms with Crippen LogP contribution in [0.4, 0.5) is 0 Å². The Morgan fingerprint density at radius 2 is 1.67 bits per heavy atom. The molecule has 7 nitrogen and oxygen atoms in total. The Morgan fingerprint density at radius 3 is 2.24 bits per heavy atom. The lowest BCUT2D eigenvalue weighted by molar-refractivity contribution is -0.117. The molecule has 2 N–H and O–H groups in total. The third-order valence-electron chi connectivity index (χ3n) is 6.52. The zero-order valence-corrected chi connectivity index (χ0v) is 19.5. The lowest BCUT2D eigenvalue weighted by atomic mass is 9.95. The molecule has 1 fully saturated rings. The molecule has 2 aromatic carbocycles. The molecular formula is C25H29N3O4S. The van der Waals surface area contributed by atoms with Gasteiger partial charge in [0.15, 0.2) is 0 Å². The van der Waals surface area contributed by atoms with Gasteiger partial charge in [-0.3, -0.25) is 9.59 Å². The van der Waals surface area contributed by atoms with Gasteiger partial charge in [-0.25, -0.2) is 8.42 Å². The van der Waals surface area contributed by atoms with Crippen LogP contribution in [-0.4, -0.2) is 49.7 Å². The van der Waals surface area contributed by atoms with Crippen LogP contribution in [0, 0.1) is 5.92 Å². The Morgan fingerprint density at radius 1 is 1.03 bits per heavy atom. The van der Waals surface area contributed by atoms with Crippen molar-refractivity contribution in [2.75, 3.05) is 13.1 Å². The highest BCUT2D eigenvalue weighted by Gasteiger charge is 2.34. The standard InChI is InChI=1S/C25H29N3O4S/c1-3-24(29)27-23-12-13-28(16-17(23)2)33(31,32)22-10-8-18(9-11-22)25(30)26-21-14-19-6-4-5-7-20(19)15-21/h3-11,17,21,23H,1,12-16H2,2H3,(H,26,30)(H,27,29). The van der Waals surface area contributed by atoms with Gasteiger partial charge in [0, 0.05) is 30.7 Å². The fraction of sp³-hybridized carbons (Fsp3) is 0.360. The Kier molecular flexibility index (Phi) is 6.67. The molecule has 2 aliphatic rings. The minimum absolute atomic E-state index is 0.0296. The smallest absolute Gasteiger partial charge is 0.251 e. The second kappa shape index (κ2) is 9.49. The van der Waals surface area contributed by atoms with Crippen molar-refractivity contribution in [1.29, 1.82) is 0 Å². The number of amides is 2. The van der Waals surface area contributed by atoms with Crippen LogP contribution >= 0.6 is 0 Å². The molecule has 33 heavy (non-hydrogen) atoms. The normalized spacial score (nSPS) is 21.2. The van der Waals surface area contributed by atoms with E-state index < -0.39 is 10.0 Å². The molecule has 2 atom stereocenters. The first-order chi connectivity index (χ1) is 15.8. The fourth-order valence-electron chi connectivity index (χ4n) is 4.64. The lowest BCUT2D eigenvalue weighted by Gasteiger charge is -2.36. The minimum atomic E-state index is -3.68. The van der Waals surface area contributed by atoms with Gasteiger partial charge in [0.25, 0.3) is 5.91 Å². The quantitative estimate of drug-likeness (QED) is 0.637. The number of benzene rings is 2. The number of carbonyl (C=O) groups is 2. The van der Waals surface area contributed by atoms with Crippen LogP contribution in [0.25, 0.3) is 0 Å². The van der Waals surface area contributed by atoms with E-state index in [0.717, 1.165) is 12.8 Å². The van der Waals surface area contributed by atoms with Gasteiger partial charge >= 0.3 is 0 Å². The van der Waals surface area contributed by atoms with Crippen molar-refractivity contribution in [3.05, 3.63) is 77.9 Å². The molecule has 2 aromatic rings. The molecule has 1 aliphatic heterocycles. The first-order valence-corrected chi connectivity index (χ1v) is 12.6. The number of nitrogens with zero attached hydrogens (tertiary/aromatic N) is 1. The van der Waals surface area contributed by atoms with Gasteiger partial charge in [-0.2, -0.15) is 4.31 Å². The molecule has 0 radical (unpaired) electrons. The third-order valence-corrected chi connectivity index (χ3v) is 8.40. The summed E-state index contributed by atoms with van der Waals surface area (Å²) in [5.74, 6) is -0.485. The van der Waals surface area contributed by atoms with Gasteiger partial charge in [0.1, 0.15) is 0 Å². The molecule has 0 bridgehead atoms. The molecule has 0 saturated carbocycles. The van der Waals surface area contributed by atoms with Gasteiger partial charge in [0.2, 0.25) is 15.9 Å². The van der Waals surface area contributed by atoms with E-state index in [1.807, 2.05) is 19.1 Å². The van der Waals surface area contributed by atoms with Crippen molar-refractivity contribution in [3.63, 3.8) is 0 Å². The molecule has 174 valence electrons. The van der Waals surface area contributed by atoms with E-state index in [9.17, 15) is 18.0 Å². The highest BCUT2D eigenvalue weighted by atomic mass is 32.2. The minimum Gasteiger partial charge on any atom is -0.349 e. The highest BCUT2D eigenvalue weighted by molar-refractivity contribution is 7.89. The number of rotatable bonds is 6. The molecule has 1 aliphatic carbocycles. The van der Waals surface area contributed by atoms with Crippen molar-refractivity contribution in [1.82, 2.24) is 14.9 Å². The van der Waals surface area contributed by atoms with Crippen molar-refractivity contribution in [2.24, 2.45) is 5.92 Å². The lowest BCUT2D eigenvalue weighted by Crippen LogP contribution is -2.51. The van der Waals surface area contributed by atoms with Crippen LogP contribution < -0.4 is 10.6 Å². The summed E-state index contributed by atoms with van der Waals surface area (Å²) in [7, 11) is -3.68. The monoisotopic (exact) mass is 467 g/mol. The summed E-state index contributed by atoms with van der Waals surface area (Å²) in [5.41, 5.74) is 2.95. The molecule has 1 heterocycles. The molecule has 2 unspecified atom stereocenters. The van der Waals surface area contributed by atoms with Crippen LogP contribution in [0.15, 0.2) is 66.1 Å². The van der Waals surface area contributed by atoms with E-state index in [2.05, 4.69) is 29.3 Å². The number of carbonyl (C=O) groups excluding carboxylic acids is 2. The van der Waals surface area contributed by atoms with E-state index in [1.54, 1.807) is 12.1 Å². The van der Waals surface area contributed by atoms with Gasteiger partial charge in [-0.15, -0.1) is 0 Å². The van der Waals surface area contributed by atoms with Crippen LogP contribution in [0.5, 0.6) is 0 Å². The van der Waals surface area contributed by atoms with E-state index in [0.29, 0.717) is 25.1 Å². The van der Waals surface area contributed by atoms with Crippen molar-refractivity contribution in [3.8, 4) is 0 Å². The second-order valence-corrected chi connectivity index (χ2v) is 10.8. The number of nitrogens with one attached hydrogen (secondary N) is 2. The zero-order chi connectivity index (χ0) is 23.6. The number of fused-ring (bicyclic) bond motifs is 1. The van der Waals surface area contributed by atoms with E-state index in [4.69, 9.17) is 0 Å². The molecule has 8 heteroatoms. The van der Waals surface area contributed by atoms with Crippen LogP contribution in [0.3, 0.4) is 0 Å². The summed E-state index contributed by atoms with van der Waals surface area (Å²) in [4.78, 5) is 24.4. The van der Waals surface area contributed by atoms with Gasteiger partial charge < -0.3 is 10.6 Å². The first kappa shape index (κ1) is 23.2. The van der Waals surface area contributed by atoms with Crippen LogP contribution in [0.2, 0.25) is 0 Å². The summed E-state index contributed by atoms with van der Waals surface area (Å²) in [6.45, 7) is 6.01. The average molecular weight is 468 g/mol. The predicted molar refractivity (Wildman–Crippen MR) is 126 cm³/mol. The van der Waals surface area contributed by atoms with Crippen LogP contribution in [0.1, 0.15) is 34.8 Å². The molecule has 2 amide bonds. The SMILES string of the molecule is C=CC(=O)NC1CCN(S(=O)(=O)c2ccc(C(=O)NC3Cc4ccccc4C3)cc2)CC1C.